The van der Waals surface area contributed by atoms with Gasteiger partial charge in [-0.1, -0.05) is 17.7 Å². The number of phenols is 3. The molecule has 1 aromatic heterocycles. The normalized spacial score (nSPS) is 17.1. The van der Waals surface area contributed by atoms with Crippen molar-refractivity contribution < 1.29 is 29.6 Å². The van der Waals surface area contributed by atoms with Gasteiger partial charge >= 0.3 is 0 Å². The van der Waals surface area contributed by atoms with Gasteiger partial charge < -0.3 is 29.6 Å². The number of ether oxygens (including phenoxy) is 1. The molecule has 1 aliphatic rings. The van der Waals surface area contributed by atoms with Gasteiger partial charge in [-0.15, -0.1) is 0 Å². The second-order valence-corrected chi connectivity index (χ2v) is 8.39. The molecule has 1 aliphatic heterocycles. The van der Waals surface area contributed by atoms with E-state index in [4.69, 9.17) is 9.15 Å². The summed E-state index contributed by atoms with van der Waals surface area (Å²) in [5.74, 6) is -1.52. The van der Waals surface area contributed by atoms with Gasteiger partial charge in [0.2, 0.25) is 11.2 Å². The molecular weight excluding hydrogens is 412 g/mol. The van der Waals surface area contributed by atoms with Gasteiger partial charge in [-0.25, -0.2) is 0 Å². The van der Waals surface area contributed by atoms with Gasteiger partial charge in [0, 0.05) is 23.3 Å². The summed E-state index contributed by atoms with van der Waals surface area (Å²) in [6.45, 7) is 5.96. The topological polar surface area (TPSA) is 120 Å². The van der Waals surface area contributed by atoms with Crippen molar-refractivity contribution in [1.29, 1.82) is 0 Å². The van der Waals surface area contributed by atoms with Crippen molar-refractivity contribution >= 4 is 17.0 Å². The van der Waals surface area contributed by atoms with Crippen molar-refractivity contribution in [2.24, 2.45) is 0 Å². The molecule has 0 bridgehead atoms. The van der Waals surface area contributed by atoms with Crippen LogP contribution in [0.15, 0.2) is 51.2 Å². The third-order valence-electron chi connectivity index (χ3n) is 5.49. The van der Waals surface area contributed by atoms with Crippen LogP contribution in [0.1, 0.15) is 39.2 Å². The van der Waals surface area contributed by atoms with Crippen molar-refractivity contribution in [2.45, 2.75) is 39.2 Å². The summed E-state index contributed by atoms with van der Waals surface area (Å²) in [6, 6.07) is 5.07. The summed E-state index contributed by atoms with van der Waals surface area (Å²) in [6.07, 6.45) is 7.23. The SMILES string of the molecule is CC(C)=CCCC1(C)C=Cc2c(-c3oc4cc(O)cc(O)c4c(=O)c3O)ccc(O)c2O1. The Morgan fingerprint density at radius 3 is 2.56 bits per heavy atom. The molecule has 0 amide bonds. The van der Waals surface area contributed by atoms with Crippen LogP contribution in [0.2, 0.25) is 0 Å². The number of hydrogen-bond acceptors (Lipinski definition) is 7. The van der Waals surface area contributed by atoms with Crippen LogP contribution >= 0.6 is 0 Å². The van der Waals surface area contributed by atoms with Crippen molar-refractivity contribution in [3.05, 3.63) is 57.8 Å². The van der Waals surface area contributed by atoms with E-state index >= 15 is 0 Å². The van der Waals surface area contributed by atoms with E-state index in [2.05, 4.69) is 6.08 Å². The number of allylic oxidation sites excluding steroid dienone is 2. The predicted molar refractivity (Wildman–Crippen MR) is 121 cm³/mol. The number of aromatic hydroxyl groups is 4. The lowest BCUT2D eigenvalue weighted by Crippen LogP contribution is -2.31. The molecule has 0 fully saturated rings. The molecule has 3 aromatic rings. The minimum Gasteiger partial charge on any atom is -0.508 e. The van der Waals surface area contributed by atoms with E-state index in [1.807, 2.05) is 26.8 Å². The van der Waals surface area contributed by atoms with E-state index in [9.17, 15) is 25.2 Å². The highest BCUT2D eigenvalue weighted by atomic mass is 16.5. The largest absolute Gasteiger partial charge is 0.508 e. The quantitative estimate of drug-likeness (QED) is 0.415. The molecule has 0 saturated carbocycles. The lowest BCUT2D eigenvalue weighted by Gasteiger charge is -2.32. The van der Waals surface area contributed by atoms with E-state index < -0.39 is 22.5 Å². The lowest BCUT2D eigenvalue weighted by atomic mass is 9.92. The lowest BCUT2D eigenvalue weighted by molar-refractivity contribution is 0.124. The molecule has 0 spiro atoms. The van der Waals surface area contributed by atoms with Gasteiger partial charge in [-0.05, 0) is 51.8 Å². The van der Waals surface area contributed by atoms with Crippen LogP contribution in [0.4, 0.5) is 0 Å². The van der Waals surface area contributed by atoms with E-state index in [0.717, 1.165) is 12.5 Å². The first-order chi connectivity index (χ1) is 15.1. The van der Waals surface area contributed by atoms with Gasteiger partial charge in [0.05, 0.1) is 0 Å². The number of benzene rings is 2. The number of hydrogen-bond donors (Lipinski definition) is 4. The Morgan fingerprint density at radius 2 is 1.84 bits per heavy atom. The molecule has 166 valence electrons. The zero-order valence-corrected chi connectivity index (χ0v) is 18.0. The monoisotopic (exact) mass is 436 g/mol. The first kappa shape index (κ1) is 21.4. The Kier molecular flexibility index (Phi) is 5.12. The van der Waals surface area contributed by atoms with Gasteiger partial charge in [-0.3, -0.25) is 4.79 Å². The van der Waals surface area contributed by atoms with E-state index in [0.29, 0.717) is 17.5 Å². The molecule has 32 heavy (non-hydrogen) atoms. The molecule has 1 atom stereocenters. The average molecular weight is 436 g/mol. The Morgan fingerprint density at radius 1 is 1.09 bits per heavy atom. The molecule has 2 heterocycles. The Bertz CT molecular complexity index is 1340. The zero-order chi connectivity index (χ0) is 23.2. The first-order valence-corrected chi connectivity index (χ1v) is 10.2. The third kappa shape index (κ3) is 3.66. The minimum atomic E-state index is -0.840. The average Bonchev–Trinajstić information content (AvgIpc) is 2.71. The molecule has 0 saturated heterocycles. The summed E-state index contributed by atoms with van der Waals surface area (Å²) in [4.78, 5) is 12.7. The molecule has 4 N–H and O–H groups in total. The maximum atomic E-state index is 12.7. The van der Waals surface area contributed by atoms with E-state index in [-0.39, 0.29) is 34.0 Å². The standard InChI is InChI=1S/C25H24O7/c1-13(2)5-4-9-25(3)10-8-16-15(6-7-17(27)23(16)32-25)24-22(30)21(29)20-18(28)11-14(26)12-19(20)31-24/h5-8,10-12,26-28,30H,4,9H2,1-3H3. The Balaban J connectivity index is 1.85. The molecule has 4 rings (SSSR count). The number of fused-ring (bicyclic) bond motifs is 2. The van der Waals surface area contributed by atoms with Crippen LogP contribution in [0, 0.1) is 0 Å². The molecule has 2 aromatic carbocycles. The molecular formula is C25H24O7. The molecule has 7 nitrogen and oxygen atoms in total. The van der Waals surface area contributed by atoms with Crippen LogP contribution in [0.25, 0.3) is 28.4 Å². The minimum absolute atomic E-state index is 0.0838. The second kappa shape index (κ2) is 7.67. The predicted octanol–water partition coefficient (Wildman–Crippen LogP) is 5.19. The smallest absolute Gasteiger partial charge is 0.238 e. The molecule has 0 radical (unpaired) electrons. The third-order valence-corrected chi connectivity index (χ3v) is 5.49. The highest BCUT2D eigenvalue weighted by molar-refractivity contribution is 5.90. The van der Waals surface area contributed by atoms with Crippen molar-refractivity contribution in [3.8, 4) is 40.1 Å². The summed E-state index contributed by atoms with van der Waals surface area (Å²) < 4.78 is 11.9. The van der Waals surface area contributed by atoms with Gasteiger partial charge in [0.1, 0.15) is 28.1 Å². The zero-order valence-electron chi connectivity index (χ0n) is 18.0. The van der Waals surface area contributed by atoms with Crippen LogP contribution in [0.3, 0.4) is 0 Å². The summed E-state index contributed by atoms with van der Waals surface area (Å²) in [5.41, 5.74) is 0.380. The van der Waals surface area contributed by atoms with Crippen molar-refractivity contribution in [1.82, 2.24) is 0 Å². The highest BCUT2D eigenvalue weighted by Crippen LogP contribution is 2.46. The fourth-order valence-electron chi connectivity index (χ4n) is 3.83. The molecule has 1 unspecified atom stereocenters. The summed E-state index contributed by atoms with van der Waals surface area (Å²) >= 11 is 0. The van der Waals surface area contributed by atoms with E-state index in [1.165, 1.54) is 23.8 Å². The van der Waals surface area contributed by atoms with Crippen LogP contribution in [-0.2, 0) is 0 Å². The first-order valence-electron chi connectivity index (χ1n) is 10.2. The fraction of sp³-hybridized carbons (Fsp3) is 0.240. The van der Waals surface area contributed by atoms with E-state index in [1.54, 1.807) is 6.08 Å². The summed E-state index contributed by atoms with van der Waals surface area (Å²) in [5, 5.41) is 40.6. The maximum absolute atomic E-state index is 12.7. The van der Waals surface area contributed by atoms with Crippen LogP contribution in [-0.4, -0.2) is 26.0 Å². The number of rotatable bonds is 4. The molecule has 7 heteroatoms. The van der Waals surface area contributed by atoms with Crippen LogP contribution in [0.5, 0.6) is 28.7 Å². The second-order valence-electron chi connectivity index (χ2n) is 8.39. The maximum Gasteiger partial charge on any atom is 0.238 e. The molecule has 0 aliphatic carbocycles. The Hall–Kier alpha value is -3.87. The van der Waals surface area contributed by atoms with Gasteiger partial charge in [0.25, 0.3) is 0 Å². The van der Waals surface area contributed by atoms with Crippen LogP contribution < -0.4 is 10.2 Å². The Labute approximate surface area is 184 Å². The van der Waals surface area contributed by atoms with Crippen molar-refractivity contribution in [2.75, 3.05) is 0 Å². The highest BCUT2D eigenvalue weighted by Gasteiger charge is 2.31. The van der Waals surface area contributed by atoms with Gasteiger partial charge in [0.15, 0.2) is 17.3 Å². The van der Waals surface area contributed by atoms with Gasteiger partial charge in [-0.2, -0.15) is 0 Å². The fourth-order valence-corrected chi connectivity index (χ4v) is 3.83. The van der Waals surface area contributed by atoms with Crippen molar-refractivity contribution in [3.63, 3.8) is 0 Å². The summed E-state index contributed by atoms with van der Waals surface area (Å²) in [7, 11) is 0. The number of phenolic OH excluding ortho intramolecular Hbond substituents is 3.